The highest BCUT2D eigenvalue weighted by atomic mass is 32.2. The van der Waals surface area contributed by atoms with Crippen LogP contribution in [0.15, 0.2) is 47.6 Å². The number of nitrogens with one attached hydrogen (secondary N) is 1. The maximum atomic E-state index is 11.8. The third kappa shape index (κ3) is 4.28. The molecule has 0 spiro atoms. The van der Waals surface area contributed by atoms with Crippen molar-refractivity contribution < 1.29 is 4.79 Å². The maximum absolute atomic E-state index is 11.8. The number of aryl methyl sites for hydroxylation is 1. The molecule has 2 aromatic rings. The molecule has 0 aliphatic rings. The minimum atomic E-state index is -0.00760. The summed E-state index contributed by atoms with van der Waals surface area (Å²) in [6.45, 7) is 2.59. The van der Waals surface area contributed by atoms with Gasteiger partial charge in [-0.15, -0.1) is 11.8 Å². The Morgan fingerprint density at radius 1 is 1.30 bits per heavy atom. The molecule has 0 aliphatic carbocycles. The van der Waals surface area contributed by atoms with Gasteiger partial charge < -0.3 is 11.1 Å². The molecule has 20 heavy (non-hydrogen) atoms. The molecule has 0 fully saturated rings. The molecule has 1 amide bonds. The average molecular weight is 287 g/mol. The lowest BCUT2D eigenvalue weighted by atomic mass is 10.1. The fourth-order valence-corrected chi connectivity index (χ4v) is 2.39. The van der Waals surface area contributed by atoms with Crippen LogP contribution in [0.4, 0.5) is 5.69 Å². The number of carbonyl (C=O) groups is 1. The van der Waals surface area contributed by atoms with E-state index in [2.05, 4.69) is 10.3 Å². The highest BCUT2D eigenvalue weighted by Gasteiger charge is 2.05. The SMILES string of the molecule is Cc1ccc(CNC(=O)CSc2ccncc2N)cc1. The van der Waals surface area contributed by atoms with E-state index in [9.17, 15) is 4.79 Å². The summed E-state index contributed by atoms with van der Waals surface area (Å²) in [5.74, 6) is 0.340. The third-order valence-electron chi connectivity index (χ3n) is 2.78. The number of hydrogen-bond donors (Lipinski definition) is 2. The summed E-state index contributed by atoms with van der Waals surface area (Å²) in [4.78, 5) is 16.6. The molecule has 0 atom stereocenters. The second kappa shape index (κ2) is 6.96. The molecule has 5 heteroatoms. The molecule has 3 N–H and O–H groups in total. The second-order valence-corrected chi connectivity index (χ2v) is 5.48. The van der Waals surface area contributed by atoms with Gasteiger partial charge in [-0.1, -0.05) is 29.8 Å². The van der Waals surface area contributed by atoms with Crippen molar-refractivity contribution in [3.63, 3.8) is 0 Å². The first kappa shape index (κ1) is 14.4. The number of nitrogens with two attached hydrogens (primary N) is 1. The number of nitrogens with zero attached hydrogens (tertiary/aromatic N) is 1. The van der Waals surface area contributed by atoms with Crippen LogP contribution >= 0.6 is 11.8 Å². The number of rotatable bonds is 5. The summed E-state index contributed by atoms with van der Waals surface area (Å²) >= 11 is 1.42. The van der Waals surface area contributed by atoms with Gasteiger partial charge in [0.2, 0.25) is 5.91 Å². The summed E-state index contributed by atoms with van der Waals surface area (Å²) in [7, 11) is 0. The number of carbonyl (C=O) groups excluding carboxylic acids is 1. The fourth-order valence-electron chi connectivity index (χ4n) is 1.63. The Bertz CT molecular complexity index is 584. The molecular weight excluding hydrogens is 270 g/mol. The second-order valence-electron chi connectivity index (χ2n) is 4.46. The van der Waals surface area contributed by atoms with Crippen molar-refractivity contribution in [1.29, 1.82) is 0 Å². The summed E-state index contributed by atoms with van der Waals surface area (Å²) < 4.78 is 0. The van der Waals surface area contributed by atoms with Gasteiger partial charge in [-0.2, -0.15) is 0 Å². The number of aromatic nitrogens is 1. The zero-order valence-electron chi connectivity index (χ0n) is 11.3. The first-order valence-electron chi connectivity index (χ1n) is 6.29. The lowest BCUT2D eigenvalue weighted by molar-refractivity contribution is -0.118. The van der Waals surface area contributed by atoms with Crippen molar-refractivity contribution in [2.24, 2.45) is 0 Å². The van der Waals surface area contributed by atoms with Gasteiger partial charge in [0.05, 0.1) is 17.6 Å². The average Bonchev–Trinajstić information content (AvgIpc) is 2.46. The van der Waals surface area contributed by atoms with E-state index in [0.717, 1.165) is 10.5 Å². The maximum Gasteiger partial charge on any atom is 0.230 e. The Kier molecular flexibility index (Phi) is 5.01. The Morgan fingerprint density at radius 2 is 2.05 bits per heavy atom. The molecule has 1 heterocycles. The Morgan fingerprint density at radius 3 is 2.75 bits per heavy atom. The summed E-state index contributed by atoms with van der Waals surface area (Å²) in [5.41, 5.74) is 8.68. The minimum absolute atomic E-state index is 0.00760. The largest absolute Gasteiger partial charge is 0.397 e. The molecule has 0 bridgehead atoms. The first-order valence-corrected chi connectivity index (χ1v) is 7.28. The van der Waals surface area contributed by atoms with Gasteiger partial charge in [-0.05, 0) is 18.6 Å². The molecule has 0 radical (unpaired) electrons. The van der Waals surface area contributed by atoms with E-state index in [1.54, 1.807) is 12.4 Å². The number of pyridine rings is 1. The van der Waals surface area contributed by atoms with E-state index in [4.69, 9.17) is 5.73 Å². The minimum Gasteiger partial charge on any atom is -0.397 e. The molecule has 2 rings (SSSR count). The molecule has 104 valence electrons. The van der Waals surface area contributed by atoms with E-state index in [-0.39, 0.29) is 5.91 Å². The summed E-state index contributed by atoms with van der Waals surface area (Å²) in [5, 5.41) is 2.89. The Hall–Kier alpha value is -2.01. The lowest BCUT2D eigenvalue weighted by Crippen LogP contribution is -2.24. The van der Waals surface area contributed by atoms with Crippen LogP contribution in [-0.4, -0.2) is 16.6 Å². The van der Waals surface area contributed by atoms with Crippen molar-refractivity contribution in [2.45, 2.75) is 18.4 Å². The van der Waals surface area contributed by atoms with Gasteiger partial charge in [0.15, 0.2) is 0 Å². The van der Waals surface area contributed by atoms with Crippen LogP contribution in [0.1, 0.15) is 11.1 Å². The number of nitrogen functional groups attached to an aromatic ring is 1. The third-order valence-corrected chi connectivity index (χ3v) is 3.87. The number of benzene rings is 1. The van der Waals surface area contributed by atoms with Gasteiger partial charge >= 0.3 is 0 Å². The van der Waals surface area contributed by atoms with Crippen LogP contribution in [0.3, 0.4) is 0 Å². The van der Waals surface area contributed by atoms with Gasteiger partial charge in [-0.25, -0.2) is 0 Å². The van der Waals surface area contributed by atoms with Crippen LogP contribution < -0.4 is 11.1 Å². The molecule has 0 saturated carbocycles. The van der Waals surface area contributed by atoms with Crippen LogP contribution in [0.25, 0.3) is 0 Å². The van der Waals surface area contributed by atoms with E-state index in [0.29, 0.717) is 18.0 Å². The molecule has 1 aromatic heterocycles. The molecule has 4 nitrogen and oxygen atoms in total. The van der Waals surface area contributed by atoms with E-state index in [1.165, 1.54) is 17.3 Å². The van der Waals surface area contributed by atoms with Crippen LogP contribution in [0, 0.1) is 6.92 Å². The van der Waals surface area contributed by atoms with Crippen LogP contribution in [0.5, 0.6) is 0 Å². The summed E-state index contributed by atoms with van der Waals surface area (Å²) in [6, 6.07) is 9.92. The molecule has 0 saturated heterocycles. The van der Waals surface area contributed by atoms with Crippen molar-refractivity contribution >= 4 is 23.4 Å². The Balaban J connectivity index is 1.78. The van der Waals surface area contributed by atoms with E-state index < -0.39 is 0 Å². The highest BCUT2D eigenvalue weighted by Crippen LogP contribution is 2.22. The topological polar surface area (TPSA) is 68.0 Å². The number of amides is 1. The predicted molar refractivity (Wildman–Crippen MR) is 82.4 cm³/mol. The molecule has 0 unspecified atom stereocenters. The highest BCUT2D eigenvalue weighted by molar-refractivity contribution is 8.00. The normalized spacial score (nSPS) is 10.2. The first-order chi connectivity index (χ1) is 9.65. The fraction of sp³-hybridized carbons (Fsp3) is 0.200. The predicted octanol–water partition coefficient (Wildman–Crippen LogP) is 2.38. The van der Waals surface area contributed by atoms with Gasteiger partial charge in [0, 0.05) is 17.6 Å². The number of thioether (sulfide) groups is 1. The van der Waals surface area contributed by atoms with Crippen molar-refractivity contribution in [1.82, 2.24) is 10.3 Å². The van der Waals surface area contributed by atoms with Gasteiger partial charge in [-0.3, -0.25) is 9.78 Å². The smallest absolute Gasteiger partial charge is 0.230 e. The zero-order valence-corrected chi connectivity index (χ0v) is 12.1. The number of anilines is 1. The Labute approximate surface area is 122 Å². The molecule has 0 aliphatic heterocycles. The number of hydrogen-bond acceptors (Lipinski definition) is 4. The van der Waals surface area contributed by atoms with Crippen LogP contribution in [-0.2, 0) is 11.3 Å². The van der Waals surface area contributed by atoms with Crippen LogP contribution in [0.2, 0.25) is 0 Å². The van der Waals surface area contributed by atoms with Gasteiger partial charge in [0.1, 0.15) is 0 Å². The quantitative estimate of drug-likeness (QED) is 0.829. The monoisotopic (exact) mass is 287 g/mol. The molecule has 1 aromatic carbocycles. The standard InChI is InChI=1S/C15H17N3OS/c1-11-2-4-12(5-3-11)8-18-15(19)10-20-14-6-7-17-9-13(14)16/h2-7,9H,8,10,16H2,1H3,(H,18,19). The van der Waals surface area contributed by atoms with E-state index >= 15 is 0 Å². The molecular formula is C15H17N3OS. The van der Waals surface area contributed by atoms with Crippen molar-refractivity contribution in [2.75, 3.05) is 11.5 Å². The lowest BCUT2D eigenvalue weighted by Gasteiger charge is -2.07. The van der Waals surface area contributed by atoms with Crippen molar-refractivity contribution in [3.05, 3.63) is 53.9 Å². The van der Waals surface area contributed by atoms with Gasteiger partial charge in [0.25, 0.3) is 0 Å². The summed E-state index contributed by atoms with van der Waals surface area (Å²) in [6.07, 6.45) is 3.26. The zero-order chi connectivity index (χ0) is 14.4. The van der Waals surface area contributed by atoms with E-state index in [1.807, 2.05) is 37.3 Å². The van der Waals surface area contributed by atoms with Crippen molar-refractivity contribution in [3.8, 4) is 0 Å².